The van der Waals surface area contributed by atoms with Gasteiger partial charge in [0.15, 0.2) is 6.61 Å². The molecule has 0 fully saturated rings. The molecule has 2 amide bonds. The van der Waals surface area contributed by atoms with Gasteiger partial charge in [0, 0.05) is 10.5 Å². The summed E-state index contributed by atoms with van der Waals surface area (Å²) in [6.45, 7) is -1.59. The van der Waals surface area contributed by atoms with Gasteiger partial charge in [-0.15, -0.1) is 0 Å². The molecule has 2 heterocycles. The van der Waals surface area contributed by atoms with Crippen molar-refractivity contribution in [3.63, 3.8) is 0 Å². The number of alkyl halides is 3. The molecule has 1 aliphatic heterocycles. The third kappa shape index (κ3) is 3.05. The lowest BCUT2D eigenvalue weighted by atomic mass is 10.1. The van der Waals surface area contributed by atoms with Gasteiger partial charge in [-0.3, -0.25) is 24.3 Å². The Morgan fingerprint density at radius 3 is 2.54 bits per heavy atom. The van der Waals surface area contributed by atoms with Gasteiger partial charge < -0.3 is 10.5 Å². The minimum atomic E-state index is -4.60. The second-order valence-electron chi connectivity index (χ2n) is 5.27. The minimum absolute atomic E-state index is 0.116. The monoisotopic (exact) mass is 431 g/mol. The van der Waals surface area contributed by atoms with Crippen LogP contribution in [0.2, 0.25) is 0 Å². The molecule has 0 bridgehead atoms. The number of nitrogens with zero attached hydrogens (tertiary/aromatic N) is 1. The number of benzene rings is 1. The number of carbonyl (C=O) groups excluding carboxylic acids is 2. The average molecular weight is 432 g/mol. The molecule has 0 radical (unpaired) electrons. The first-order chi connectivity index (χ1) is 12.1. The van der Waals surface area contributed by atoms with Crippen molar-refractivity contribution in [2.75, 3.05) is 12.3 Å². The molecule has 2 aromatic rings. The van der Waals surface area contributed by atoms with Crippen molar-refractivity contribution in [2.24, 2.45) is 0 Å². The maximum Gasteiger partial charge on any atom is 0.422 e. The van der Waals surface area contributed by atoms with E-state index in [2.05, 4.69) is 15.9 Å². The number of hydrogen-bond donors (Lipinski definition) is 2. The van der Waals surface area contributed by atoms with Crippen molar-refractivity contribution in [1.29, 1.82) is 0 Å². The van der Waals surface area contributed by atoms with Gasteiger partial charge in [0.05, 0.1) is 11.1 Å². The smallest absolute Gasteiger partial charge is 0.422 e. The van der Waals surface area contributed by atoms with Crippen LogP contribution in [0.15, 0.2) is 33.5 Å². The fraction of sp³-hybridized carbons (Fsp3) is 0.133. The fourth-order valence-corrected chi connectivity index (χ4v) is 3.02. The highest BCUT2D eigenvalue weighted by Gasteiger charge is 2.33. The van der Waals surface area contributed by atoms with Crippen molar-refractivity contribution in [3.8, 4) is 11.4 Å². The normalized spacial score (nSPS) is 13.5. The second kappa shape index (κ2) is 6.16. The summed E-state index contributed by atoms with van der Waals surface area (Å²) >= 11 is 3.14. The van der Waals surface area contributed by atoms with E-state index in [4.69, 9.17) is 10.5 Å². The summed E-state index contributed by atoms with van der Waals surface area (Å²) < 4.78 is 43.3. The maximum absolute atomic E-state index is 12.5. The van der Waals surface area contributed by atoms with Gasteiger partial charge in [0.1, 0.15) is 17.3 Å². The zero-order valence-electron chi connectivity index (χ0n) is 12.7. The Kier molecular flexibility index (Phi) is 4.26. The quantitative estimate of drug-likeness (QED) is 0.723. The zero-order valence-corrected chi connectivity index (χ0v) is 14.3. The lowest BCUT2D eigenvalue weighted by Gasteiger charge is -2.18. The van der Waals surface area contributed by atoms with E-state index in [1.165, 1.54) is 18.2 Å². The number of carbonyl (C=O) groups is 2. The largest absolute Gasteiger partial charge is 0.482 e. The number of halogens is 4. The number of nitrogens with one attached hydrogen (secondary N) is 1. The van der Waals surface area contributed by atoms with Crippen molar-refractivity contribution >= 4 is 33.6 Å². The second-order valence-corrected chi connectivity index (χ2v) is 6.12. The van der Waals surface area contributed by atoms with Crippen LogP contribution in [0.25, 0.3) is 5.69 Å². The maximum atomic E-state index is 12.5. The lowest BCUT2D eigenvalue weighted by Crippen LogP contribution is -2.26. The highest BCUT2D eigenvalue weighted by Crippen LogP contribution is 2.34. The first-order valence-electron chi connectivity index (χ1n) is 7.00. The summed E-state index contributed by atoms with van der Waals surface area (Å²) in [6.07, 6.45) is -4.60. The molecule has 0 saturated heterocycles. The molecule has 7 nitrogen and oxygen atoms in total. The Hall–Kier alpha value is -2.82. The number of aromatic nitrogens is 1. The Morgan fingerprint density at radius 1 is 1.19 bits per heavy atom. The fourth-order valence-electron chi connectivity index (χ4n) is 2.50. The topological polar surface area (TPSA) is 103 Å². The van der Waals surface area contributed by atoms with Crippen LogP contribution in [0.1, 0.15) is 20.7 Å². The first-order valence-corrected chi connectivity index (χ1v) is 7.79. The van der Waals surface area contributed by atoms with E-state index in [0.717, 1.165) is 10.6 Å². The molecule has 1 aromatic heterocycles. The van der Waals surface area contributed by atoms with E-state index in [9.17, 15) is 27.6 Å². The van der Waals surface area contributed by atoms with Crippen LogP contribution in [0.5, 0.6) is 5.75 Å². The van der Waals surface area contributed by atoms with E-state index in [1.54, 1.807) is 0 Å². The zero-order chi connectivity index (χ0) is 19.2. The number of fused-ring (bicyclic) bond motifs is 1. The van der Waals surface area contributed by atoms with Gasteiger partial charge >= 0.3 is 6.18 Å². The van der Waals surface area contributed by atoms with Gasteiger partial charge in [-0.2, -0.15) is 13.2 Å². The van der Waals surface area contributed by atoms with Crippen molar-refractivity contribution < 1.29 is 27.5 Å². The Balaban J connectivity index is 2.23. The van der Waals surface area contributed by atoms with E-state index < -0.39 is 30.2 Å². The summed E-state index contributed by atoms with van der Waals surface area (Å²) in [7, 11) is 0. The predicted molar refractivity (Wildman–Crippen MR) is 87.5 cm³/mol. The molecule has 1 aliphatic rings. The van der Waals surface area contributed by atoms with Gasteiger partial charge in [-0.1, -0.05) is 6.07 Å². The van der Waals surface area contributed by atoms with E-state index in [1.807, 2.05) is 5.32 Å². The summed E-state index contributed by atoms with van der Waals surface area (Å²) in [6, 6.07) is 4.97. The van der Waals surface area contributed by atoms with Crippen LogP contribution < -0.4 is 21.3 Å². The number of nitrogen functional groups attached to an aromatic ring is 1. The number of hydrogen-bond acceptors (Lipinski definition) is 5. The molecule has 3 N–H and O–H groups in total. The SMILES string of the molecule is Nc1c2c(cc(=O)n1-c1c(Br)cccc1OCC(F)(F)F)C(=O)NC2=O. The third-order valence-electron chi connectivity index (χ3n) is 3.52. The van der Waals surface area contributed by atoms with Crippen LogP contribution in [0.3, 0.4) is 0 Å². The number of anilines is 1. The number of ether oxygens (including phenoxy) is 1. The Morgan fingerprint density at radius 2 is 1.88 bits per heavy atom. The van der Waals surface area contributed by atoms with Gasteiger partial charge in [-0.25, -0.2) is 0 Å². The Labute approximate surface area is 151 Å². The number of nitrogens with two attached hydrogens (primary N) is 1. The summed E-state index contributed by atoms with van der Waals surface area (Å²) in [5, 5.41) is 2.00. The van der Waals surface area contributed by atoms with E-state index in [0.29, 0.717) is 0 Å². The third-order valence-corrected chi connectivity index (χ3v) is 4.16. The van der Waals surface area contributed by atoms with Crippen molar-refractivity contribution in [1.82, 2.24) is 9.88 Å². The number of imide groups is 1. The van der Waals surface area contributed by atoms with E-state index in [-0.39, 0.29) is 32.9 Å². The summed E-state index contributed by atoms with van der Waals surface area (Å²) in [4.78, 5) is 36.0. The molecule has 0 unspecified atom stereocenters. The number of pyridine rings is 1. The van der Waals surface area contributed by atoms with Crippen LogP contribution in [-0.2, 0) is 0 Å². The Bertz CT molecular complexity index is 1000. The van der Waals surface area contributed by atoms with Crippen molar-refractivity contribution in [2.45, 2.75) is 6.18 Å². The summed E-state index contributed by atoms with van der Waals surface area (Å²) in [5.74, 6) is -2.25. The van der Waals surface area contributed by atoms with Crippen LogP contribution in [0, 0.1) is 0 Å². The highest BCUT2D eigenvalue weighted by molar-refractivity contribution is 9.10. The molecule has 1 aromatic carbocycles. The molecule has 0 aliphatic carbocycles. The molecule has 0 saturated carbocycles. The average Bonchev–Trinajstić information content (AvgIpc) is 2.80. The molecule has 136 valence electrons. The van der Waals surface area contributed by atoms with Gasteiger partial charge in [-0.05, 0) is 28.1 Å². The molecule has 0 atom stereocenters. The predicted octanol–water partition coefficient (Wildman–Crippen LogP) is 2.01. The first kappa shape index (κ1) is 18.0. The van der Waals surface area contributed by atoms with Crippen LogP contribution in [0.4, 0.5) is 19.0 Å². The number of amides is 2. The van der Waals surface area contributed by atoms with Crippen LogP contribution in [-0.4, -0.2) is 29.2 Å². The molecular formula is C15H9BrF3N3O4. The number of rotatable bonds is 3. The van der Waals surface area contributed by atoms with Crippen molar-refractivity contribution in [3.05, 3.63) is 50.2 Å². The molecule has 11 heteroatoms. The van der Waals surface area contributed by atoms with Gasteiger partial charge in [0.25, 0.3) is 17.4 Å². The number of para-hydroxylation sites is 1. The molecule has 0 spiro atoms. The molecular weight excluding hydrogens is 423 g/mol. The lowest BCUT2D eigenvalue weighted by molar-refractivity contribution is -0.153. The summed E-state index contributed by atoms with van der Waals surface area (Å²) in [5.41, 5.74) is 4.54. The van der Waals surface area contributed by atoms with Crippen LogP contribution >= 0.6 is 15.9 Å². The molecule has 3 rings (SSSR count). The minimum Gasteiger partial charge on any atom is -0.482 e. The standard InChI is InChI=1S/C15H9BrF3N3O4/c16-7-2-1-3-8(26-5-15(17,18)19)11(7)22-9(23)4-6-10(12(22)20)14(25)21-13(6)24/h1-4H,5,20H2,(H,21,24,25). The van der Waals surface area contributed by atoms with Gasteiger partial charge in [0.2, 0.25) is 0 Å². The highest BCUT2D eigenvalue weighted by atomic mass is 79.9. The van der Waals surface area contributed by atoms with E-state index >= 15 is 0 Å². The molecule has 26 heavy (non-hydrogen) atoms.